The molecule has 2 nitrogen and oxygen atoms in total. The predicted octanol–water partition coefficient (Wildman–Crippen LogP) is 2.53. The van der Waals surface area contributed by atoms with Gasteiger partial charge in [-0.15, -0.1) is 12.3 Å². The Morgan fingerprint density at radius 2 is 2.20 bits per heavy atom. The summed E-state index contributed by atoms with van der Waals surface area (Å²) >= 11 is 0. The Labute approximate surface area is 90.9 Å². The third kappa shape index (κ3) is 3.65. The van der Waals surface area contributed by atoms with Gasteiger partial charge < -0.3 is 9.84 Å². The minimum Gasteiger partial charge on any atom is -0.493 e. The van der Waals surface area contributed by atoms with Gasteiger partial charge in [-0.3, -0.25) is 0 Å². The highest BCUT2D eigenvalue weighted by Crippen LogP contribution is 2.24. The molecule has 80 valence electrons. The summed E-state index contributed by atoms with van der Waals surface area (Å²) in [5.41, 5.74) is 0.818. The predicted molar refractivity (Wildman–Crippen MR) is 60.6 cm³/mol. The Morgan fingerprint density at radius 1 is 1.47 bits per heavy atom. The molecule has 0 unspecified atom stereocenters. The average Bonchev–Trinajstić information content (AvgIpc) is 2.25. The number of ether oxygens (including phenoxy) is 1. The Kier molecular flexibility index (Phi) is 4.73. The van der Waals surface area contributed by atoms with Gasteiger partial charge in [-0.1, -0.05) is 18.2 Å². The normalized spacial score (nSPS) is 11.8. The molecule has 15 heavy (non-hydrogen) atoms. The van der Waals surface area contributed by atoms with Crippen molar-refractivity contribution < 1.29 is 9.84 Å². The molecule has 0 saturated heterocycles. The maximum atomic E-state index is 9.49. The highest BCUT2D eigenvalue weighted by atomic mass is 16.5. The highest BCUT2D eigenvalue weighted by Gasteiger charge is 2.07. The van der Waals surface area contributed by atoms with Crippen LogP contribution in [0.3, 0.4) is 0 Å². The van der Waals surface area contributed by atoms with Crippen molar-refractivity contribution in [3.63, 3.8) is 0 Å². The first kappa shape index (κ1) is 11.6. The summed E-state index contributed by atoms with van der Waals surface area (Å²) < 4.78 is 5.54. The van der Waals surface area contributed by atoms with E-state index in [0.717, 1.165) is 24.2 Å². The standard InChI is InChI=1S/C13H16O2/c1-3-4-7-10-15-13-9-6-5-8-12(13)11(2)14/h1,5-6,8-9,11,14H,4,7,10H2,2H3/t11-/m0/s1. The van der Waals surface area contributed by atoms with Crippen molar-refractivity contribution in [2.75, 3.05) is 6.61 Å². The molecule has 0 amide bonds. The van der Waals surface area contributed by atoms with Crippen molar-refractivity contribution in [1.29, 1.82) is 0 Å². The smallest absolute Gasteiger partial charge is 0.125 e. The number of benzene rings is 1. The number of para-hydroxylation sites is 1. The second-order valence-corrected chi connectivity index (χ2v) is 3.37. The summed E-state index contributed by atoms with van der Waals surface area (Å²) in [6.45, 7) is 2.32. The molecule has 2 heteroatoms. The zero-order valence-electron chi connectivity index (χ0n) is 8.94. The van der Waals surface area contributed by atoms with Gasteiger partial charge in [0, 0.05) is 12.0 Å². The minimum absolute atomic E-state index is 0.506. The number of hydrogen-bond donors (Lipinski definition) is 1. The zero-order valence-corrected chi connectivity index (χ0v) is 8.94. The fourth-order valence-corrected chi connectivity index (χ4v) is 1.31. The molecule has 0 saturated carbocycles. The van der Waals surface area contributed by atoms with Crippen molar-refractivity contribution in [2.24, 2.45) is 0 Å². The van der Waals surface area contributed by atoms with E-state index >= 15 is 0 Å². The number of aliphatic hydroxyl groups is 1. The van der Waals surface area contributed by atoms with Gasteiger partial charge in [-0.05, 0) is 19.4 Å². The molecule has 0 aliphatic rings. The first-order valence-corrected chi connectivity index (χ1v) is 5.09. The summed E-state index contributed by atoms with van der Waals surface area (Å²) in [5.74, 6) is 3.30. The maximum absolute atomic E-state index is 9.49. The minimum atomic E-state index is -0.506. The van der Waals surface area contributed by atoms with E-state index in [9.17, 15) is 5.11 Å². The van der Waals surface area contributed by atoms with Gasteiger partial charge in [-0.25, -0.2) is 0 Å². The van der Waals surface area contributed by atoms with Crippen molar-refractivity contribution >= 4 is 0 Å². The second kappa shape index (κ2) is 6.10. The molecule has 0 aliphatic carbocycles. The van der Waals surface area contributed by atoms with Crippen LogP contribution in [-0.4, -0.2) is 11.7 Å². The van der Waals surface area contributed by atoms with Gasteiger partial charge in [0.2, 0.25) is 0 Å². The summed E-state index contributed by atoms with van der Waals surface area (Å²) in [7, 11) is 0. The summed E-state index contributed by atoms with van der Waals surface area (Å²) in [6.07, 6.45) is 6.19. The van der Waals surface area contributed by atoms with E-state index in [4.69, 9.17) is 11.2 Å². The molecule has 0 spiro atoms. The molecule has 0 aliphatic heterocycles. The van der Waals surface area contributed by atoms with Gasteiger partial charge in [-0.2, -0.15) is 0 Å². The van der Waals surface area contributed by atoms with Crippen molar-refractivity contribution in [1.82, 2.24) is 0 Å². The van der Waals surface area contributed by atoms with E-state index < -0.39 is 6.10 Å². The average molecular weight is 204 g/mol. The molecule has 1 aromatic rings. The lowest BCUT2D eigenvalue weighted by Crippen LogP contribution is -2.01. The lowest BCUT2D eigenvalue weighted by molar-refractivity contribution is 0.191. The molecule has 1 rings (SSSR count). The number of rotatable bonds is 5. The fourth-order valence-electron chi connectivity index (χ4n) is 1.31. The molecular weight excluding hydrogens is 188 g/mol. The highest BCUT2D eigenvalue weighted by molar-refractivity contribution is 5.34. The van der Waals surface area contributed by atoms with Crippen LogP contribution in [0, 0.1) is 12.3 Å². The fraction of sp³-hybridized carbons (Fsp3) is 0.385. The monoisotopic (exact) mass is 204 g/mol. The number of aliphatic hydroxyl groups excluding tert-OH is 1. The first-order chi connectivity index (χ1) is 7.25. The van der Waals surface area contributed by atoms with Crippen molar-refractivity contribution in [2.45, 2.75) is 25.9 Å². The number of hydrogen-bond acceptors (Lipinski definition) is 2. The largest absolute Gasteiger partial charge is 0.493 e. The van der Waals surface area contributed by atoms with Crippen LogP contribution >= 0.6 is 0 Å². The van der Waals surface area contributed by atoms with E-state index in [1.54, 1.807) is 6.92 Å². The van der Waals surface area contributed by atoms with Gasteiger partial charge in [0.1, 0.15) is 5.75 Å². The molecule has 1 N–H and O–H groups in total. The van der Waals surface area contributed by atoms with E-state index in [1.807, 2.05) is 24.3 Å². The van der Waals surface area contributed by atoms with E-state index in [2.05, 4.69) is 5.92 Å². The molecule has 0 heterocycles. The molecule has 0 fully saturated rings. The van der Waals surface area contributed by atoms with Gasteiger partial charge in [0.05, 0.1) is 12.7 Å². The van der Waals surface area contributed by atoms with E-state index in [1.165, 1.54) is 0 Å². The van der Waals surface area contributed by atoms with Crippen LogP contribution in [0.2, 0.25) is 0 Å². The lowest BCUT2D eigenvalue weighted by Gasteiger charge is -2.12. The van der Waals surface area contributed by atoms with E-state index in [-0.39, 0.29) is 0 Å². The van der Waals surface area contributed by atoms with Crippen LogP contribution in [0.5, 0.6) is 5.75 Å². The van der Waals surface area contributed by atoms with Crippen LogP contribution < -0.4 is 4.74 Å². The number of terminal acetylenes is 1. The summed E-state index contributed by atoms with van der Waals surface area (Å²) in [4.78, 5) is 0. The maximum Gasteiger partial charge on any atom is 0.125 e. The molecule has 1 aromatic carbocycles. The summed E-state index contributed by atoms with van der Waals surface area (Å²) in [6, 6.07) is 7.50. The molecular formula is C13H16O2. The quantitative estimate of drug-likeness (QED) is 0.590. The van der Waals surface area contributed by atoms with Crippen LogP contribution in [-0.2, 0) is 0 Å². The zero-order chi connectivity index (χ0) is 11.1. The van der Waals surface area contributed by atoms with Crippen LogP contribution in [0.25, 0.3) is 0 Å². The third-order valence-corrected chi connectivity index (χ3v) is 2.09. The van der Waals surface area contributed by atoms with Crippen molar-refractivity contribution in [3.8, 4) is 18.1 Å². The van der Waals surface area contributed by atoms with Crippen LogP contribution in [0.1, 0.15) is 31.4 Å². The molecule has 0 aromatic heterocycles. The summed E-state index contributed by atoms with van der Waals surface area (Å²) in [5, 5.41) is 9.49. The molecule has 1 atom stereocenters. The molecule has 0 bridgehead atoms. The Hall–Kier alpha value is -1.46. The number of unbranched alkanes of at least 4 members (excludes halogenated alkanes) is 1. The Balaban J connectivity index is 2.56. The Morgan fingerprint density at radius 3 is 2.87 bits per heavy atom. The van der Waals surface area contributed by atoms with Gasteiger partial charge in [0.25, 0.3) is 0 Å². The van der Waals surface area contributed by atoms with Gasteiger partial charge in [0.15, 0.2) is 0 Å². The SMILES string of the molecule is C#CCCCOc1ccccc1[C@H](C)O. The van der Waals surface area contributed by atoms with Crippen molar-refractivity contribution in [3.05, 3.63) is 29.8 Å². The Bertz CT molecular complexity index is 337. The first-order valence-electron chi connectivity index (χ1n) is 5.09. The third-order valence-electron chi connectivity index (χ3n) is 2.09. The lowest BCUT2D eigenvalue weighted by atomic mass is 10.1. The second-order valence-electron chi connectivity index (χ2n) is 3.37. The van der Waals surface area contributed by atoms with E-state index in [0.29, 0.717) is 6.61 Å². The van der Waals surface area contributed by atoms with Gasteiger partial charge >= 0.3 is 0 Å². The van der Waals surface area contributed by atoms with Crippen LogP contribution in [0.15, 0.2) is 24.3 Å². The topological polar surface area (TPSA) is 29.5 Å². The van der Waals surface area contributed by atoms with Crippen LogP contribution in [0.4, 0.5) is 0 Å². The molecule has 0 radical (unpaired) electrons.